The second-order valence-electron chi connectivity index (χ2n) is 2.69. The van der Waals surface area contributed by atoms with Gasteiger partial charge in [0.25, 0.3) is 5.91 Å². The Hall–Kier alpha value is -1.29. The number of nitrogens with two attached hydrogens (primary N) is 1. The molecule has 4 nitrogen and oxygen atoms in total. The molecule has 1 amide bonds. The first-order valence-corrected chi connectivity index (χ1v) is 3.65. The van der Waals surface area contributed by atoms with Gasteiger partial charge in [-0.3, -0.25) is 4.79 Å². The molecule has 0 spiro atoms. The van der Waals surface area contributed by atoms with Crippen LogP contribution in [0, 0.1) is 0 Å². The van der Waals surface area contributed by atoms with Crippen molar-refractivity contribution in [2.45, 2.75) is 19.4 Å². The van der Waals surface area contributed by atoms with Gasteiger partial charge in [-0.2, -0.15) is 0 Å². The minimum atomic E-state index is -0.601. The van der Waals surface area contributed by atoms with Gasteiger partial charge in [-0.05, 0) is 13.0 Å². The van der Waals surface area contributed by atoms with Crippen molar-refractivity contribution in [3.05, 3.63) is 23.7 Å². The summed E-state index contributed by atoms with van der Waals surface area (Å²) in [7, 11) is 0. The van der Waals surface area contributed by atoms with Crippen molar-refractivity contribution in [1.82, 2.24) is 0 Å². The van der Waals surface area contributed by atoms with Crippen LogP contribution in [-0.2, 0) is 6.42 Å². The third-order valence-corrected chi connectivity index (χ3v) is 1.49. The molecule has 1 heterocycles. The number of aliphatic hydroxyl groups is 1. The van der Waals surface area contributed by atoms with Crippen LogP contribution >= 0.6 is 0 Å². The van der Waals surface area contributed by atoms with Crippen LogP contribution in [0.15, 0.2) is 16.7 Å². The first-order valence-electron chi connectivity index (χ1n) is 3.65. The minimum Gasteiger partial charge on any atom is -0.459 e. The standard InChI is InChI=1S/C8H11NO3/c1-5(10)4-6-2-3-12-7(6)8(9)11/h2-3,5,10H,4H2,1H3,(H2,9,11). The molecule has 0 saturated carbocycles. The molecule has 0 aliphatic rings. The van der Waals surface area contributed by atoms with Crippen molar-refractivity contribution in [3.8, 4) is 0 Å². The van der Waals surface area contributed by atoms with Crippen molar-refractivity contribution >= 4 is 5.91 Å². The average molecular weight is 169 g/mol. The highest BCUT2D eigenvalue weighted by Gasteiger charge is 2.12. The lowest BCUT2D eigenvalue weighted by Gasteiger charge is -2.01. The van der Waals surface area contributed by atoms with Gasteiger partial charge in [0.1, 0.15) is 0 Å². The van der Waals surface area contributed by atoms with Gasteiger partial charge in [0.05, 0.1) is 12.4 Å². The van der Waals surface area contributed by atoms with Crippen LogP contribution in [0.5, 0.6) is 0 Å². The molecular weight excluding hydrogens is 158 g/mol. The Morgan fingerprint density at radius 3 is 3.00 bits per heavy atom. The fourth-order valence-electron chi connectivity index (χ4n) is 1.03. The smallest absolute Gasteiger partial charge is 0.284 e. The van der Waals surface area contributed by atoms with E-state index in [4.69, 9.17) is 15.3 Å². The van der Waals surface area contributed by atoms with E-state index in [-0.39, 0.29) is 5.76 Å². The summed E-state index contributed by atoms with van der Waals surface area (Å²) in [4.78, 5) is 10.7. The first kappa shape index (κ1) is 8.80. The molecule has 12 heavy (non-hydrogen) atoms. The molecule has 0 bridgehead atoms. The number of carbonyl (C=O) groups is 1. The van der Waals surface area contributed by atoms with E-state index in [1.54, 1.807) is 13.0 Å². The molecule has 0 saturated heterocycles. The summed E-state index contributed by atoms with van der Waals surface area (Å²) in [5.74, 6) is -0.466. The summed E-state index contributed by atoms with van der Waals surface area (Å²) in [6, 6.07) is 1.63. The van der Waals surface area contributed by atoms with Crippen molar-refractivity contribution < 1.29 is 14.3 Å². The lowest BCUT2D eigenvalue weighted by molar-refractivity contribution is 0.0971. The number of rotatable bonds is 3. The fourth-order valence-corrected chi connectivity index (χ4v) is 1.03. The first-order chi connectivity index (χ1) is 5.61. The highest BCUT2D eigenvalue weighted by molar-refractivity contribution is 5.91. The largest absolute Gasteiger partial charge is 0.459 e. The van der Waals surface area contributed by atoms with E-state index in [0.717, 1.165) is 0 Å². The topological polar surface area (TPSA) is 76.5 Å². The maximum atomic E-state index is 10.7. The summed E-state index contributed by atoms with van der Waals surface area (Å²) in [6.45, 7) is 1.64. The van der Waals surface area contributed by atoms with Crippen LogP contribution in [0.2, 0.25) is 0 Å². The molecule has 1 aromatic rings. The van der Waals surface area contributed by atoms with E-state index in [0.29, 0.717) is 12.0 Å². The third-order valence-electron chi connectivity index (χ3n) is 1.49. The van der Waals surface area contributed by atoms with Gasteiger partial charge in [-0.1, -0.05) is 0 Å². The zero-order valence-corrected chi connectivity index (χ0v) is 6.78. The Morgan fingerprint density at radius 2 is 2.50 bits per heavy atom. The fraction of sp³-hybridized carbons (Fsp3) is 0.375. The van der Waals surface area contributed by atoms with Gasteiger partial charge in [0.15, 0.2) is 5.76 Å². The molecule has 0 fully saturated rings. The number of aliphatic hydroxyl groups excluding tert-OH is 1. The molecule has 0 radical (unpaired) electrons. The predicted molar refractivity (Wildman–Crippen MR) is 42.6 cm³/mol. The lowest BCUT2D eigenvalue weighted by atomic mass is 10.1. The molecule has 0 aromatic carbocycles. The van der Waals surface area contributed by atoms with Crippen LogP contribution in [-0.4, -0.2) is 17.1 Å². The Balaban J connectivity index is 2.84. The number of carbonyl (C=O) groups excluding carboxylic acids is 1. The molecule has 1 aromatic heterocycles. The molecular formula is C8H11NO3. The maximum Gasteiger partial charge on any atom is 0.284 e. The summed E-state index contributed by atoms with van der Waals surface area (Å²) >= 11 is 0. The summed E-state index contributed by atoms with van der Waals surface area (Å²) < 4.78 is 4.84. The number of hydrogen-bond donors (Lipinski definition) is 2. The van der Waals surface area contributed by atoms with E-state index in [1.165, 1.54) is 6.26 Å². The zero-order chi connectivity index (χ0) is 9.14. The van der Waals surface area contributed by atoms with E-state index < -0.39 is 12.0 Å². The van der Waals surface area contributed by atoms with Crippen LogP contribution < -0.4 is 5.73 Å². The van der Waals surface area contributed by atoms with Crippen LogP contribution in [0.3, 0.4) is 0 Å². The molecule has 1 unspecified atom stereocenters. The second kappa shape index (κ2) is 3.40. The maximum absolute atomic E-state index is 10.7. The van der Waals surface area contributed by atoms with E-state index in [9.17, 15) is 4.79 Å². The normalized spacial score (nSPS) is 12.8. The highest BCUT2D eigenvalue weighted by atomic mass is 16.3. The molecule has 4 heteroatoms. The van der Waals surface area contributed by atoms with E-state index in [1.807, 2.05) is 0 Å². The molecule has 3 N–H and O–H groups in total. The molecule has 0 aliphatic carbocycles. The van der Waals surface area contributed by atoms with Crippen molar-refractivity contribution in [3.63, 3.8) is 0 Å². The van der Waals surface area contributed by atoms with Crippen molar-refractivity contribution in [2.24, 2.45) is 5.73 Å². The summed E-state index contributed by atoms with van der Waals surface area (Å²) in [5, 5.41) is 9.04. The quantitative estimate of drug-likeness (QED) is 0.683. The number of furan rings is 1. The monoisotopic (exact) mass is 169 g/mol. The molecule has 1 rings (SSSR count). The van der Waals surface area contributed by atoms with Gasteiger partial charge in [0.2, 0.25) is 0 Å². The van der Waals surface area contributed by atoms with Gasteiger partial charge in [-0.25, -0.2) is 0 Å². The molecule has 66 valence electrons. The summed E-state index contributed by atoms with van der Waals surface area (Å²) in [6.07, 6.45) is 1.27. The molecule has 1 atom stereocenters. The Kier molecular flexibility index (Phi) is 2.50. The van der Waals surface area contributed by atoms with Crippen LogP contribution in [0.1, 0.15) is 23.0 Å². The average Bonchev–Trinajstić information content (AvgIpc) is 2.33. The summed E-state index contributed by atoms with van der Waals surface area (Å²) in [5.41, 5.74) is 5.67. The highest BCUT2D eigenvalue weighted by Crippen LogP contribution is 2.11. The van der Waals surface area contributed by atoms with Gasteiger partial charge >= 0.3 is 0 Å². The Morgan fingerprint density at radius 1 is 1.83 bits per heavy atom. The van der Waals surface area contributed by atoms with Gasteiger partial charge < -0.3 is 15.3 Å². The predicted octanol–water partition coefficient (Wildman–Crippen LogP) is 0.302. The van der Waals surface area contributed by atoms with Crippen LogP contribution in [0.4, 0.5) is 0 Å². The molecule has 0 aliphatic heterocycles. The number of primary amides is 1. The number of hydrogen-bond acceptors (Lipinski definition) is 3. The zero-order valence-electron chi connectivity index (χ0n) is 6.78. The Bertz CT molecular complexity index is 278. The van der Waals surface area contributed by atoms with Crippen molar-refractivity contribution in [1.29, 1.82) is 0 Å². The van der Waals surface area contributed by atoms with Crippen LogP contribution in [0.25, 0.3) is 0 Å². The number of amides is 1. The Labute approximate surface area is 70.0 Å². The third kappa shape index (κ3) is 1.85. The SMILES string of the molecule is CC(O)Cc1ccoc1C(N)=O. The van der Waals surface area contributed by atoms with E-state index in [2.05, 4.69) is 0 Å². The van der Waals surface area contributed by atoms with E-state index >= 15 is 0 Å². The van der Waals surface area contributed by atoms with Gasteiger partial charge in [0, 0.05) is 12.0 Å². The van der Waals surface area contributed by atoms with Crippen molar-refractivity contribution in [2.75, 3.05) is 0 Å². The second-order valence-corrected chi connectivity index (χ2v) is 2.69. The van der Waals surface area contributed by atoms with Gasteiger partial charge in [-0.15, -0.1) is 0 Å². The minimum absolute atomic E-state index is 0.135. The lowest BCUT2D eigenvalue weighted by Crippen LogP contribution is -2.14.